The van der Waals surface area contributed by atoms with Crippen LogP contribution in [0.3, 0.4) is 0 Å². The number of nitrogens with two attached hydrogens (primary N) is 1. The summed E-state index contributed by atoms with van der Waals surface area (Å²) < 4.78 is 6.89. The maximum atomic E-state index is 10.9. The lowest BCUT2D eigenvalue weighted by atomic mass is 10.5. The van der Waals surface area contributed by atoms with Crippen LogP contribution >= 0.6 is 0 Å². The van der Waals surface area contributed by atoms with Gasteiger partial charge in [0.1, 0.15) is 17.8 Å². The van der Waals surface area contributed by atoms with Crippen molar-refractivity contribution >= 4 is 5.69 Å². The van der Waals surface area contributed by atoms with Gasteiger partial charge in [0.15, 0.2) is 0 Å². The first-order valence-corrected chi connectivity index (χ1v) is 4.07. The SMILES string of the molecule is Cc1ccc(-n2cnc(=O)c(N)c2)o1. The molecule has 0 saturated carbocycles. The molecular formula is C9H9N3O2. The largest absolute Gasteiger partial charge is 0.445 e. The van der Waals surface area contributed by atoms with Gasteiger partial charge in [-0.15, -0.1) is 0 Å². The molecule has 0 saturated heterocycles. The second-order valence-corrected chi connectivity index (χ2v) is 2.93. The van der Waals surface area contributed by atoms with Crippen LogP contribution < -0.4 is 11.3 Å². The van der Waals surface area contributed by atoms with Gasteiger partial charge in [-0.25, -0.2) is 0 Å². The van der Waals surface area contributed by atoms with E-state index in [1.54, 1.807) is 10.6 Å². The monoisotopic (exact) mass is 191 g/mol. The molecule has 2 rings (SSSR count). The molecule has 0 aliphatic rings. The van der Waals surface area contributed by atoms with Gasteiger partial charge in [-0.05, 0) is 13.0 Å². The number of aryl methyl sites for hydroxylation is 1. The first-order valence-electron chi connectivity index (χ1n) is 4.07. The average Bonchev–Trinajstić information content (AvgIpc) is 2.57. The maximum Gasteiger partial charge on any atom is 0.295 e. The van der Waals surface area contributed by atoms with Crippen LogP contribution in [0.4, 0.5) is 5.69 Å². The summed E-state index contributed by atoms with van der Waals surface area (Å²) >= 11 is 0. The lowest BCUT2D eigenvalue weighted by Crippen LogP contribution is -2.14. The quantitative estimate of drug-likeness (QED) is 0.720. The highest BCUT2D eigenvalue weighted by molar-refractivity contribution is 5.33. The molecule has 2 heterocycles. The summed E-state index contributed by atoms with van der Waals surface area (Å²) in [4.78, 5) is 14.5. The zero-order valence-corrected chi connectivity index (χ0v) is 7.60. The summed E-state index contributed by atoms with van der Waals surface area (Å²) in [6.45, 7) is 1.84. The number of aromatic nitrogens is 2. The Morgan fingerprint density at radius 3 is 2.86 bits per heavy atom. The van der Waals surface area contributed by atoms with E-state index in [4.69, 9.17) is 10.2 Å². The average molecular weight is 191 g/mol. The van der Waals surface area contributed by atoms with E-state index >= 15 is 0 Å². The zero-order chi connectivity index (χ0) is 10.1. The molecule has 5 heteroatoms. The van der Waals surface area contributed by atoms with E-state index in [0.717, 1.165) is 5.76 Å². The van der Waals surface area contributed by atoms with Crippen LogP contribution in [0.2, 0.25) is 0 Å². The topological polar surface area (TPSA) is 74.0 Å². The molecule has 0 aliphatic carbocycles. The van der Waals surface area contributed by atoms with Gasteiger partial charge in [0, 0.05) is 12.3 Å². The molecule has 2 N–H and O–H groups in total. The first kappa shape index (κ1) is 8.55. The number of furan rings is 1. The number of nitrogens with zero attached hydrogens (tertiary/aromatic N) is 2. The van der Waals surface area contributed by atoms with Crippen LogP contribution in [0.5, 0.6) is 0 Å². The Labute approximate surface area is 79.8 Å². The second kappa shape index (κ2) is 3.02. The molecule has 0 radical (unpaired) electrons. The van der Waals surface area contributed by atoms with Crippen LogP contribution in [0.25, 0.3) is 5.88 Å². The Balaban J connectivity index is 2.52. The van der Waals surface area contributed by atoms with Gasteiger partial charge in [-0.2, -0.15) is 4.98 Å². The summed E-state index contributed by atoms with van der Waals surface area (Å²) in [6, 6.07) is 3.60. The van der Waals surface area contributed by atoms with Crippen molar-refractivity contribution in [3.05, 3.63) is 40.8 Å². The number of hydrogen-bond donors (Lipinski definition) is 1. The number of hydrogen-bond acceptors (Lipinski definition) is 4. The second-order valence-electron chi connectivity index (χ2n) is 2.93. The van der Waals surface area contributed by atoms with Crippen molar-refractivity contribution in [1.29, 1.82) is 0 Å². The molecule has 2 aromatic rings. The minimum Gasteiger partial charge on any atom is -0.445 e. The number of anilines is 1. The Hall–Kier alpha value is -2.04. The van der Waals surface area contributed by atoms with E-state index in [1.165, 1.54) is 12.5 Å². The first-order chi connectivity index (χ1) is 6.66. The third kappa shape index (κ3) is 1.39. The molecule has 0 bridgehead atoms. The highest BCUT2D eigenvalue weighted by atomic mass is 16.4. The van der Waals surface area contributed by atoms with Crippen molar-refractivity contribution in [2.45, 2.75) is 6.92 Å². The predicted molar refractivity (Wildman–Crippen MR) is 51.2 cm³/mol. The molecule has 0 spiro atoms. The van der Waals surface area contributed by atoms with Crippen molar-refractivity contribution in [2.75, 3.05) is 5.73 Å². The van der Waals surface area contributed by atoms with Gasteiger partial charge in [-0.3, -0.25) is 9.36 Å². The summed E-state index contributed by atoms with van der Waals surface area (Å²) in [5.41, 5.74) is 5.10. The Morgan fingerprint density at radius 2 is 2.29 bits per heavy atom. The van der Waals surface area contributed by atoms with E-state index in [-0.39, 0.29) is 5.69 Å². The van der Waals surface area contributed by atoms with Gasteiger partial charge in [0.2, 0.25) is 5.88 Å². The smallest absolute Gasteiger partial charge is 0.295 e. The minimum absolute atomic E-state index is 0.0987. The van der Waals surface area contributed by atoms with Crippen LogP contribution in [-0.2, 0) is 0 Å². The van der Waals surface area contributed by atoms with E-state index < -0.39 is 5.56 Å². The van der Waals surface area contributed by atoms with Crippen LogP contribution in [0, 0.1) is 6.92 Å². The lowest BCUT2D eigenvalue weighted by Gasteiger charge is -2.00. The normalized spacial score (nSPS) is 10.4. The Morgan fingerprint density at radius 1 is 1.50 bits per heavy atom. The molecule has 0 unspecified atom stereocenters. The fourth-order valence-electron chi connectivity index (χ4n) is 1.11. The maximum absolute atomic E-state index is 10.9. The molecule has 2 aromatic heterocycles. The van der Waals surface area contributed by atoms with Crippen molar-refractivity contribution in [2.24, 2.45) is 0 Å². The van der Waals surface area contributed by atoms with Crippen LogP contribution in [0.1, 0.15) is 5.76 Å². The van der Waals surface area contributed by atoms with E-state index in [2.05, 4.69) is 4.98 Å². The van der Waals surface area contributed by atoms with Crippen molar-refractivity contribution in [1.82, 2.24) is 9.55 Å². The van der Waals surface area contributed by atoms with Crippen LogP contribution in [0.15, 0.2) is 33.9 Å². The van der Waals surface area contributed by atoms with Gasteiger partial charge in [-0.1, -0.05) is 0 Å². The molecule has 0 aromatic carbocycles. The van der Waals surface area contributed by atoms with Gasteiger partial charge in [0.05, 0.1) is 0 Å². The summed E-state index contributed by atoms with van der Waals surface area (Å²) in [6.07, 6.45) is 2.85. The van der Waals surface area contributed by atoms with Crippen molar-refractivity contribution in [3.63, 3.8) is 0 Å². The van der Waals surface area contributed by atoms with E-state index in [0.29, 0.717) is 5.88 Å². The molecule has 0 aliphatic heterocycles. The highest BCUT2D eigenvalue weighted by Gasteiger charge is 2.02. The third-order valence-electron chi connectivity index (χ3n) is 1.81. The fourth-order valence-corrected chi connectivity index (χ4v) is 1.11. The van der Waals surface area contributed by atoms with Gasteiger partial charge < -0.3 is 10.2 Å². The minimum atomic E-state index is -0.426. The molecule has 5 nitrogen and oxygen atoms in total. The van der Waals surface area contributed by atoms with Crippen molar-refractivity contribution in [3.8, 4) is 5.88 Å². The highest BCUT2D eigenvalue weighted by Crippen LogP contribution is 2.11. The van der Waals surface area contributed by atoms with Crippen molar-refractivity contribution < 1.29 is 4.42 Å². The molecule has 0 fully saturated rings. The molecule has 14 heavy (non-hydrogen) atoms. The summed E-state index contributed by atoms with van der Waals surface area (Å²) in [5.74, 6) is 1.37. The number of nitrogen functional groups attached to an aromatic ring is 1. The molecule has 0 amide bonds. The summed E-state index contributed by atoms with van der Waals surface area (Å²) in [5, 5.41) is 0. The van der Waals surface area contributed by atoms with Gasteiger partial charge in [0.25, 0.3) is 5.56 Å². The third-order valence-corrected chi connectivity index (χ3v) is 1.81. The zero-order valence-electron chi connectivity index (χ0n) is 7.60. The standard InChI is InChI=1S/C9H9N3O2/c1-6-2-3-8(14-6)12-4-7(10)9(13)11-5-12/h2-5H,10H2,1H3. The Bertz CT molecular complexity index is 513. The Kier molecular flexibility index (Phi) is 1.85. The molecular weight excluding hydrogens is 182 g/mol. The predicted octanol–water partition coefficient (Wildman–Crippen LogP) is 0.716. The lowest BCUT2D eigenvalue weighted by molar-refractivity contribution is 0.508. The fraction of sp³-hybridized carbons (Fsp3) is 0.111. The molecule has 0 atom stereocenters. The number of rotatable bonds is 1. The van der Waals surface area contributed by atoms with Gasteiger partial charge >= 0.3 is 0 Å². The van der Waals surface area contributed by atoms with E-state index in [1.807, 2.05) is 13.0 Å². The van der Waals surface area contributed by atoms with Crippen LogP contribution in [-0.4, -0.2) is 9.55 Å². The molecule has 72 valence electrons. The van der Waals surface area contributed by atoms with E-state index in [9.17, 15) is 4.79 Å². The summed E-state index contributed by atoms with van der Waals surface area (Å²) in [7, 11) is 0.